The van der Waals surface area contributed by atoms with Crippen molar-refractivity contribution in [1.29, 1.82) is 0 Å². The third-order valence-electron chi connectivity index (χ3n) is 3.61. The Morgan fingerprint density at radius 3 is 2.58 bits per heavy atom. The van der Waals surface area contributed by atoms with Crippen LogP contribution in [0.2, 0.25) is 0 Å². The number of methoxy groups -OCH3 is 2. The van der Waals surface area contributed by atoms with Crippen molar-refractivity contribution in [3.05, 3.63) is 34.2 Å². The maximum Gasteiger partial charge on any atom is 0.343 e. The van der Waals surface area contributed by atoms with Gasteiger partial charge >= 0.3 is 5.97 Å². The quantitative estimate of drug-likeness (QED) is 0.510. The lowest BCUT2D eigenvalue weighted by Gasteiger charge is -2.21. The fraction of sp³-hybridized carbons (Fsp3) is 0.438. The van der Waals surface area contributed by atoms with Crippen molar-refractivity contribution in [3.8, 4) is 0 Å². The van der Waals surface area contributed by atoms with Crippen molar-refractivity contribution in [1.82, 2.24) is 9.55 Å². The van der Waals surface area contributed by atoms with Gasteiger partial charge in [0.1, 0.15) is 19.1 Å². The molecule has 0 atom stereocenters. The van der Waals surface area contributed by atoms with Crippen LogP contribution in [0.4, 0.5) is 0 Å². The SMILES string of the molecule is Bc1cnc2c(c1)c(=O)c(C(=O)OCC)cn2C(COC)COC. The second kappa shape index (κ2) is 8.07. The average Bonchev–Trinajstić information content (AvgIpc) is 2.55. The van der Waals surface area contributed by atoms with E-state index in [2.05, 4.69) is 4.98 Å². The van der Waals surface area contributed by atoms with Crippen LogP contribution < -0.4 is 10.9 Å². The van der Waals surface area contributed by atoms with Gasteiger partial charge in [-0.25, -0.2) is 9.78 Å². The molecule has 0 fully saturated rings. The van der Waals surface area contributed by atoms with E-state index in [0.29, 0.717) is 24.2 Å². The highest BCUT2D eigenvalue weighted by molar-refractivity contribution is 6.32. The van der Waals surface area contributed by atoms with Gasteiger partial charge in [-0.05, 0) is 6.92 Å². The highest BCUT2D eigenvalue weighted by Gasteiger charge is 2.21. The molecule has 0 aliphatic rings. The molecular weight excluding hydrogens is 311 g/mol. The van der Waals surface area contributed by atoms with Crippen molar-refractivity contribution in [2.24, 2.45) is 0 Å². The monoisotopic (exact) mass is 332 g/mol. The van der Waals surface area contributed by atoms with E-state index in [1.54, 1.807) is 38.0 Å². The van der Waals surface area contributed by atoms with Crippen LogP contribution >= 0.6 is 0 Å². The van der Waals surface area contributed by atoms with Crippen molar-refractivity contribution in [2.75, 3.05) is 34.0 Å². The lowest BCUT2D eigenvalue weighted by atomic mass is 9.97. The second-order valence-corrected chi connectivity index (χ2v) is 5.45. The number of pyridine rings is 2. The Hall–Kier alpha value is -2.19. The zero-order valence-corrected chi connectivity index (χ0v) is 14.4. The number of ether oxygens (including phenoxy) is 3. The van der Waals surface area contributed by atoms with Crippen LogP contribution in [0.25, 0.3) is 11.0 Å². The first-order valence-electron chi connectivity index (χ1n) is 7.70. The molecule has 0 spiro atoms. The molecule has 7 nitrogen and oxygen atoms in total. The maximum absolute atomic E-state index is 12.7. The van der Waals surface area contributed by atoms with Gasteiger partial charge in [0.2, 0.25) is 5.43 Å². The van der Waals surface area contributed by atoms with Gasteiger partial charge in [0.15, 0.2) is 0 Å². The third kappa shape index (κ3) is 3.65. The zero-order valence-electron chi connectivity index (χ0n) is 14.4. The molecule has 24 heavy (non-hydrogen) atoms. The normalized spacial score (nSPS) is 11.2. The van der Waals surface area contributed by atoms with E-state index >= 15 is 0 Å². The van der Waals surface area contributed by atoms with Crippen molar-refractivity contribution in [2.45, 2.75) is 13.0 Å². The highest BCUT2D eigenvalue weighted by atomic mass is 16.5. The maximum atomic E-state index is 12.7. The van der Waals surface area contributed by atoms with Gasteiger partial charge in [-0.2, -0.15) is 0 Å². The van der Waals surface area contributed by atoms with Crippen LogP contribution in [0.1, 0.15) is 23.3 Å². The number of fused-ring (bicyclic) bond motifs is 1. The van der Waals surface area contributed by atoms with Gasteiger partial charge < -0.3 is 18.8 Å². The molecule has 2 aromatic rings. The van der Waals surface area contributed by atoms with Crippen LogP contribution in [0.5, 0.6) is 0 Å². The third-order valence-corrected chi connectivity index (χ3v) is 3.61. The Labute approximate surface area is 140 Å². The molecule has 0 radical (unpaired) electrons. The van der Waals surface area contributed by atoms with E-state index in [0.717, 1.165) is 5.46 Å². The van der Waals surface area contributed by atoms with E-state index in [9.17, 15) is 9.59 Å². The molecule has 0 aromatic carbocycles. The predicted molar refractivity (Wildman–Crippen MR) is 92.9 cm³/mol. The summed E-state index contributed by atoms with van der Waals surface area (Å²) in [5.74, 6) is -0.645. The number of carbonyl (C=O) groups is 1. The van der Waals surface area contributed by atoms with Crippen LogP contribution in [0.3, 0.4) is 0 Å². The Bertz CT molecular complexity index is 784. The molecule has 8 heteroatoms. The predicted octanol–water partition coefficient (Wildman–Crippen LogP) is -0.334. The molecule has 2 rings (SSSR count). The largest absolute Gasteiger partial charge is 0.462 e. The number of esters is 1. The fourth-order valence-electron chi connectivity index (χ4n) is 2.56. The molecule has 0 saturated carbocycles. The van der Waals surface area contributed by atoms with Crippen LogP contribution in [0, 0.1) is 0 Å². The molecule has 2 heterocycles. The van der Waals surface area contributed by atoms with Gasteiger partial charge in [-0.1, -0.05) is 11.5 Å². The first-order chi connectivity index (χ1) is 11.5. The Morgan fingerprint density at radius 2 is 2.00 bits per heavy atom. The molecule has 0 unspecified atom stereocenters. The first kappa shape index (κ1) is 18.2. The fourth-order valence-corrected chi connectivity index (χ4v) is 2.56. The molecule has 0 aliphatic carbocycles. The van der Waals surface area contributed by atoms with E-state index in [1.165, 1.54) is 6.20 Å². The number of rotatable bonds is 7. The molecule has 2 aromatic heterocycles. The Kier molecular flexibility index (Phi) is 6.11. The van der Waals surface area contributed by atoms with Gasteiger partial charge in [-0.15, -0.1) is 0 Å². The second-order valence-electron chi connectivity index (χ2n) is 5.45. The van der Waals surface area contributed by atoms with Crippen molar-refractivity contribution in [3.63, 3.8) is 0 Å². The number of nitrogens with zero attached hydrogens (tertiary/aromatic N) is 2. The topological polar surface area (TPSA) is 79.7 Å². The summed E-state index contributed by atoms with van der Waals surface area (Å²) in [6, 6.07) is 1.49. The molecule has 0 amide bonds. The number of hydrogen-bond donors (Lipinski definition) is 0. The molecule has 0 aliphatic heterocycles. The van der Waals surface area contributed by atoms with E-state index < -0.39 is 5.97 Å². The standard InChI is InChI=1S/C16H21BN2O5/c1-4-24-16(21)13-7-19(11(8-22-2)9-23-3)15-12(14(13)20)5-10(17)6-18-15/h5-7,11H,4,8-9,17H2,1-3H3. The van der Waals surface area contributed by atoms with Crippen molar-refractivity contribution >= 4 is 30.3 Å². The minimum Gasteiger partial charge on any atom is -0.462 e. The summed E-state index contributed by atoms with van der Waals surface area (Å²) in [5.41, 5.74) is 0.915. The number of hydrogen-bond acceptors (Lipinski definition) is 6. The minimum atomic E-state index is -0.645. The Morgan fingerprint density at radius 1 is 1.33 bits per heavy atom. The summed E-state index contributed by atoms with van der Waals surface area (Å²) in [6.45, 7) is 2.59. The highest BCUT2D eigenvalue weighted by Crippen LogP contribution is 2.16. The molecular formula is C16H21BN2O5. The van der Waals surface area contributed by atoms with E-state index in [-0.39, 0.29) is 23.6 Å². The Balaban J connectivity index is 2.74. The summed E-state index contributed by atoms with van der Waals surface area (Å²) >= 11 is 0. The molecule has 0 saturated heterocycles. The van der Waals surface area contributed by atoms with Crippen LogP contribution in [-0.4, -0.2) is 57.4 Å². The van der Waals surface area contributed by atoms with Gasteiger partial charge in [0.25, 0.3) is 0 Å². The van der Waals surface area contributed by atoms with Gasteiger partial charge in [-0.3, -0.25) is 4.79 Å². The summed E-state index contributed by atoms with van der Waals surface area (Å²) < 4.78 is 17.2. The van der Waals surface area contributed by atoms with E-state index in [1.807, 2.05) is 7.85 Å². The molecule has 128 valence electrons. The zero-order chi connectivity index (χ0) is 17.7. The molecule has 0 N–H and O–H groups in total. The molecule has 0 bridgehead atoms. The minimum absolute atomic E-state index is 0.0195. The summed E-state index contributed by atoms with van der Waals surface area (Å²) in [7, 11) is 5.00. The lowest BCUT2D eigenvalue weighted by Crippen LogP contribution is -2.27. The van der Waals surface area contributed by atoms with Gasteiger partial charge in [0.05, 0.1) is 31.2 Å². The smallest absolute Gasteiger partial charge is 0.343 e. The number of carbonyl (C=O) groups excluding carboxylic acids is 1. The average molecular weight is 332 g/mol. The number of aromatic nitrogens is 2. The van der Waals surface area contributed by atoms with Gasteiger partial charge in [0, 0.05) is 26.6 Å². The lowest BCUT2D eigenvalue weighted by molar-refractivity contribution is 0.0522. The first-order valence-corrected chi connectivity index (χ1v) is 7.70. The van der Waals surface area contributed by atoms with Crippen molar-refractivity contribution < 1.29 is 19.0 Å². The van der Waals surface area contributed by atoms with Crippen LogP contribution in [-0.2, 0) is 14.2 Å². The van der Waals surface area contributed by atoms with E-state index in [4.69, 9.17) is 14.2 Å². The van der Waals surface area contributed by atoms with Crippen LogP contribution in [0.15, 0.2) is 23.3 Å². The summed E-state index contributed by atoms with van der Waals surface area (Å²) in [5, 5.41) is 0.373. The summed E-state index contributed by atoms with van der Waals surface area (Å²) in [4.78, 5) is 29.2. The summed E-state index contributed by atoms with van der Waals surface area (Å²) in [6.07, 6.45) is 3.16.